The van der Waals surface area contributed by atoms with Gasteiger partial charge in [-0.3, -0.25) is 0 Å². The lowest BCUT2D eigenvalue weighted by Gasteiger charge is -2.11. The van der Waals surface area contributed by atoms with Gasteiger partial charge in [0.15, 0.2) is 0 Å². The number of esters is 1. The van der Waals surface area contributed by atoms with E-state index in [1.807, 2.05) is 62.4 Å². The first-order valence-electron chi connectivity index (χ1n) is 9.68. The molecule has 3 heteroatoms. The summed E-state index contributed by atoms with van der Waals surface area (Å²) in [6.07, 6.45) is 5.59. The number of unbranched alkanes of at least 4 members (excludes halogenated alkanes) is 3. The Morgan fingerprint density at radius 2 is 1.50 bits per heavy atom. The lowest BCUT2D eigenvalue weighted by Crippen LogP contribution is -2.13. The Balaban J connectivity index is 1.91. The van der Waals surface area contributed by atoms with Crippen LogP contribution in [0.4, 0.5) is 0 Å². The zero-order valence-electron chi connectivity index (χ0n) is 16.2. The standard InChI is InChI=1S/C23H30O3/c1-4-6-7-8-17-25-22-15-13-20(14-16-22)19-9-11-21(12-10-19)23(24)26-18(3)5-2/h9-16,18H,4-8,17H2,1-3H3/t18-/m1/s1. The minimum Gasteiger partial charge on any atom is -0.494 e. The molecule has 0 saturated heterocycles. The molecule has 1 atom stereocenters. The second kappa shape index (κ2) is 10.6. The summed E-state index contributed by atoms with van der Waals surface area (Å²) in [6, 6.07) is 15.6. The third-order valence-electron chi connectivity index (χ3n) is 4.46. The predicted octanol–water partition coefficient (Wildman–Crippen LogP) is 6.27. The zero-order valence-corrected chi connectivity index (χ0v) is 16.2. The molecule has 0 bridgehead atoms. The number of hydrogen-bond donors (Lipinski definition) is 0. The Bertz CT molecular complexity index is 659. The molecule has 140 valence electrons. The van der Waals surface area contributed by atoms with Crippen molar-refractivity contribution < 1.29 is 14.3 Å². The number of carbonyl (C=O) groups excluding carboxylic acids is 1. The highest BCUT2D eigenvalue weighted by atomic mass is 16.5. The van der Waals surface area contributed by atoms with Gasteiger partial charge in [-0.15, -0.1) is 0 Å². The van der Waals surface area contributed by atoms with E-state index in [1.165, 1.54) is 19.3 Å². The Labute approximate surface area is 157 Å². The number of rotatable bonds is 10. The van der Waals surface area contributed by atoms with Gasteiger partial charge < -0.3 is 9.47 Å². The summed E-state index contributed by atoms with van der Waals surface area (Å²) in [4.78, 5) is 12.0. The van der Waals surface area contributed by atoms with E-state index in [1.54, 1.807) is 0 Å². The Morgan fingerprint density at radius 3 is 2.08 bits per heavy atom. The lowest BCUT2D eigenvalue weighted by molar-refractivity contribution is 0.0334. The van der Waals surface area contributed by atoms with Crippen molar-refractivity contribution >= 4 is 5.97 Å². The molecular weight excluding hydrogens is 324 g/mol. The topological polar surface area (TPSA) is 35.5 Å². The molecule has 0 aliphatic carbocycles. The first-order chi connectivity index (χ1) is 12.6. The van der Waals surface area contributed by atoms with Crippen LogP contribution >= 0.6 is 0 Å². The molecule has 0 heterocycles. The lowest BCUT2D eigenvalue weighted by atomic mass is 10.0. The molecule has 0 spiro atoms. The van der Waals surface area contributed by atoms with Crippen molar-refractivity contribution in [2.45, 2.75) is 59.0 Å². The molecule has 0 N–H and O–H groups in total. The van der Waals surface area contributed by atoms with Gasteiger partial charge in [0.2, 0.25) is 0 Å². The van der Waals surface area contributed by atoms with Crippen molar-refractivity contribution in [3.8, 4) is 16.9 Å². The summed E-state index contributed by atoms with van der Waals surface area (Å²) in [7, 11) is 0. The van der Waals surface area contributed by atoms with Crippen LogP contribution in [-0.4, -0.2) is 18.7 Å². The van der Waals surface area contributed by atoms with E-state index in [0.29, 0.717) is 5.56 Å². The third-order valence-corrected chi connectivity index (χ3v) is 4.46. The fourth-order valence-corrected chi connectivity index (χ4v) is 2.60. The molecular formula is C23H30O3. The Kier molecular flexibility index (Phi) is 8.20. The van der Waals surface area contributed by atoms with Crippen LogP contribution < -0.4 is 4.74 Å². The van der Waals surface area contributed by atoms with Crippen molar-refractivity contribution in [2.24, 2.45) is 0 Å². The van der Waals surface area contributed by atoms with Gasteiger partial charge >= 0.3 is 5.97 Å². The van der Waals surface area contributed by atoms with Crippen molar-refractivity contribution in [1.82, 2.24) is 0 Å². The maximum Gasteiger partial charge on any atom is 0.338 e. The SMILES string of the molecule is CCCCCCOc1ccc(-c2ccc(C(=O)O[C@H](C)CC)cc2)cc1. The maximum absolute atomic E-state index is 12.0. The molecule has 26 heavy (non-hydrogen) atoms. The molecule has 3 nitrogen and oxygen atoms in total. The summed E-state index contributed by atoms with van der Waals surface area (Å²) in [5.41, 5.74) is 2.76. The predicted molar refractivity (Wildman–Crippen MR) is 107 cm³/mol. The summed E-state index contributed by atoms with van der Waals surface area (Å²) in [6.45, 7) is 6.88. The summed E-state index contributed by atoms with van der Waals surface area (Å²) in [5.74, 6) is 0.636. The summed E-state index contributed by atoms with van der Waals surface area (Å²) in [5, 5.41) is 0. The van der Waals surface area contributed by atoms with Crippen LogP contribution in [0.3, 0.4) is 0 Å². The van der Waals surface area contributed by atoms with E-state index in [0.717, 1.165) is 36.3 Å². The maximum atomic E-state index is 12.0. The van der Waals surface area contributed by atoms with Crippen LogP contribution in [0.15, 0.2) is 48.5 Å². The number of hydrogen-bond acceptors (Lipinski definition) is 3. The van der Waals surface area contributed by atoms with E-state index < -0.39 is 0 Å². The summed E-state index contributed by atoms with van der Waals surface area (Å²) >= 11 is 0. The molecule has 0 aliphatic heterocycles. The molecule has 2 rings (SSSR count). The van der Waals surface area contributed by atoms with Crippen LogP contribution in [0.5, 0.6) is 5.75 Å². The highest BCUT2D eigenvalue weighted by Crippen LogP contribution is 2.23. The molecule has 0 amide bonds. The highest BCUT2D eigenvalue weighted by molar-refractivity contribution is 5.90. The van der Waals surface area contributed by atoms with Gasteiger partial charge in [0, 0.05) is 0 Å². The van der Waals surface area contributed by atoms with Crippen LogP contribution in [-0.2, 0) is 4.74 Å². The van der Waals surface area contributed by atoms with E-state index in [4.69, 9.17) is 9.47 Å². The molecule has 0 aromatic heterocycles. The van der Waals surface area contributed by atoms with E-state index in [2.05, 4.69) is 6.92 Å². The van der Waals surface area contributed by atoms with E-state index in [-0.39, 0.29) is 12.1 Å². The van der Waals surface area contributed by atoms with E-state index in [9.17, 15) is 4.79 Å². The second-order valence-electron chi connectivity index (χ2n) is 6.64. The van der Waals surface area contributed by atoms with Gasteiger partial charge in [0.05, 0.1) is 18.3 Å². The molecule has 0 saturated carbocycles. The highest BCUT2D eigenvalue weighted by Gasteiger charge is 2.10. The van der Waals surface area contributed by atoms with Crippen molar-refractivity contribution in [2.75, 3.05) is 6.61 Å². The summed E-state index contributed by atoms with van der Waals surface area (Å²) < 4.78 is 11.1. The van der Waals surface area contributed by atoms with Crippen LogP contribution in [0.1, 0.15) is 63.2 Å². The van der Waals surface area contributed by atoms with Gasteiger partial charge in [-0.2, -0.15) is 0 Å². The van der Waals surface area contributed by atoms with Crippen molar-refractivity contribution in [1.29, 1.82) is 0 Å². The van der Waals surface area contributed by atoms with Crippen LogP contribution in [0.2, 0.25) is 0 Å². The first-order valence-corrected chi connectivity index (χ1v) is 9.68. The number of benzene rings is 2. The minimum absolute atomic E-state index is 0.0586. The average molecular weight is 354 g/mol. The zero-order chi connectivity index (χ0) is 18.8. The Hall–Kier alpha value is -2.29. The molecule has 0 aliphatic rings. The molecule has 2 aromatic rings. The van der Waals surface area contributed by atoms with Crippen LogP contribution in [0.25, 0.3) is 11.1 Å². The van der Waals surface area contributed by atoms with Crippen molar-refractivity contribution in [3.63, 3.8) is 0 Å². The first kappa shape index (κ1) is 20.0. The van der Waals surface area contributed by atoms with Gasteiger partial charge in [-0.25, -0.2) is 4.79 Å². The van der Waals surface area contributed by atoms with Gasteiger partial charge in [0.1, 0.15) is 5.75 Å². The van der Waals surface area contributed by atoms with Gasteiger partial charge in [0.25, 0.3) is 0 Å². The molecule has 0 unspecified atom stereocenters. The minimum atomic E-state index is -0.266. The van der Waals surface area contributed by atoms with Gasteiger partial charge in [-0.1, -0.05) is 57.4 Å². The average Bonchev–Trinajstić information content (AvgIpc) is 2.68. The smallest absolute Gasteiger partial charge is 0.338 e. The molecule has 2 aromatic carbocycles. The number of ether oxygens (including phenoxy) is 2. The fraction of sp³-hybridized carbons (Fsp3) is 0.435. The molecule has 0 radical (unpaired) electrons. The monoisotopic (exact) mass is 354 g/mol. The van der Waals surface area contributed by atoms with Gasteiger partial charge in [-0.05, 0) is 55.2 Å². The number of carbonyl (C=O) groups is 1. The quantitative estimate of drug-likeness (QED) is 0.373. The largest absolute Gasteiger partial charge is 0.494 e. The van der Waals surface area contributed by atoms with Crippen molar-refractivity contribution in [3.05, 3.63) is 54.1 Å². The molecule has 0 fully saturated rings. The fourth-order valence-electron chi connectivity index (χ4n) is 2.60. The van der Waals surface area contributed by atoms with Crippen LogP contribution in [0, 0.1) is 0 Å². The normalized spacial score (nSPS) is 11.8. The third kappa shape index (κ3) is 6.21. The second-order valence-corrected chi connectivity index (χ2v) is 6.64. The Morgan fingerprint density at radius 1 is 0.885 bits per heavy atom. The van der Waals surface area contributed by atoms with E-state index >= 15 is 0 Å².